The summed E-state index contributed by atoms with van der Waals surface area (Å²) in [7, 11) is 0. The van der Waals surface area contributed by atoms with Crippen molar-refractivity contribution in [3.8, 4) is 0 Å². The van der Waals surface area contributed by atoms with Gasteiger partial charge in [-0.15, -0.1) is 11.3 Å². The molecule has 1 aliphatic carbocycles. The van der Waals surface area contributed by atoms with Gasteiger partial charge in [0.1, 0.15) is 0 Å². The predicted octanol–water partition coefficient (Wildman–Crippen LogP) is 2.19. The van der Waals surface area contributed by atoms with Crippen LogP contribution in [-0.2, 0) is 11.2 Å². The maximum atomic E-state index is 11.8. The standard InChI is InChI=1S/C12H17ClN2OS/c13-11-5-4-8(17-11)6-7-15-12(16)9-2-1-3-10(9)14/h4-5,9-10H,1-3,6-7,14H2,(H,15,16). The molecule has 1 saturated carbocycles. The predicted molar refractivity (Wildman–Crippen MR) is 71.4 cm³/mol. The molecule has 0 bridgehead atoms. The molecule has 94 valence electrons. The molecule has 1 aliphatic rings. The number of hydrogen-bond donors (Lipinski definition) is 2. The largest absolute Gasteiger partial charge is 0.355 e. The zero-order valence-electron chi connectivity index (χ0n) is 9.62. The number of carbonyl (C=O) groups is 1. The van der Waals surface area contributed by atoms with Gasteiger partial charge in [0.05, 0.1) is 10.3 Å². The minimum atomic E-state index is 0.0157. The molecule has 1 heterocycles. The number of halogens is 1. The van der Waals surface area contributed by atoms with Crippen LogP contribution >= 0.6 is 22.9 Å². The molecule has 17 heavy (non-hydrogen) atoms. The summed E-state index contributed by atoms with van der Waals surface area (Å²) in [6, 6.07) is 3.93. The molecule has 0 aromatic carbocycles. The number of carbonyl (C=O) groups excluding carboxylic acids is 1. The highest BCUT2D eigenvalue weighted by Crippen LogP contribution is 2.24. The summed E-state index contributed by atoms with van der Waals surface area (Å²) in [5.41, 5.74) is 5.89. The van der Waals surface area contributed by atoms with Crippen LogP contribution in [0.15, 0.2) is 12.1 Å². The highest BCUT2D eigenvalue weighted by Gasteiger charge is 2.29. The van der Waals surface area contributed by atoms with Crippen molar-refractivity contribution >= 4 is 28.8 Å². The van der Waals surface area contributed by atoms with E-state index in [9.17, 15) is 4.79 Å². The lowest BCUT2D eigenvalue weighted by Crippen LogP contribution is -2.39. The minimum absolute atomic E-state index is 0.0157. The van der Waals surface area contributed by atoms with Gasteiger partial charge in [0, 0.05) is 17.5 Å². The van der Waals surface area contributed by atoms with Crippen LogP contribution in [0, 0.1) is 5.92 Å². The molecule has 0 aliphatic heterocycles. The van der Waals surface area contributed by atoms with Crippen LogP contribution < -0.4 is 11.1 Å². The van der Waals surface area contributed by atoms with Gasteiger partial charge in [0.2, 0.25) is 5.91 Å². The molecule has 2 unspecified atom stereocenters. The quantitative estimate of drug-likeness (QED) is 0.883. The van der Waals surface area contributed by atoms with Gasteiger partial charge < -0.3 is 11.1 Å². The Morgan fingerprint density at radius 3 is 2.94 bits per heavy atom. The first-order valence-corrected chi connectivity index (χ1v) is 7.14. The van der Waals surface area contributed by atoms with E-state index in [0.29, 0.717) is 6.54 Å². The second-order valence-electron chi connectivity index (χ2n) is 4.45. The summed E-state index contributed by atoms with van der Waals surface area (Å²) in [4.78, 5) is 13.0. The van der Waals surface area contributed by atoms with Gasteiger partial charge in [0.25, 0.3) is 0 Å². The van der Waals surface area contributed by atoms with Crippen LogP contribution in [0.25, 0.3) is 0 Å². The van der Waals surface area contributed by atoms with Crippen LogP contribution in [0.1, 0.15) is 24.1 Å². The van der Waals surface area contributed by atoms with E-state index >= 15 is 0 Å². The van der Waals surface area contributed by atoms with Crippen LogP contribution in [0.2, 0.25) is 4.34 Å². The van der Waals surface area contributed by atoms with Gasteiger partial charge in [-0.1, -0.05) is 18.0 Å². The van der Waals surface area contributed by atoms with Gasteiger partial charge >= 0.3 is 0 Å². The first kappa shape index (κ1) is 12.9. The van der Waals surface area contributed by atoms with Crippen molar-refractivity contribution < 1.29 is 4.79 Å². The molecular weight excluding hydrogens is 256 g/mol. The topological polar surface area (TPSA) is 55.1 Å². The fourth-order valence-electron chi connectivity index (χ4n) is 2.24. The molecule has 5 heteroatoms. The van der Waals surface area contributed by atoms with Crippen molar-refractivity contribution in [2.24, 2.45) is 11.7 Å². The van der Waals surface area contributed by atoms with E-state index in [0.717, 1.165) is 30.0 Å². The number of rotatable bonds is 4. The number of thiophene rings is 1. The molecule has 3 nitrogen and oxygen atoms in total. The van der Waals surface area contributed by atoms with Gasteiger partial charge in [-0.25, -0.2) is 0 Å². The van der Waals surface area contributed by atoms with E-state index in [2.05, 4.69) is 5.32 Å². The van der Waals surface area contributed by atoms with Crippen LogP contribution in [0.4, 0.5) is 0 Å². The van der Waals surface area contributed by atoms with Crippen molar-refractivity contribution in [3.63, 3.8) is 0 Å². The molecule has 1 fully saturated rings. The van der Waals surface area contributed by atoms with Crippen molar-refractivity contribution in [3.05, 3.63) is 21.3 Å². The van der Waals surface area contributed by atoms with Crippen molar-refractivity contribution in [1.82, 2.24) is 5.32 Å². The molecule has 1 aromatic rings. The number of nitrogens with two attached hydrogens (primary N) is 1. The lowest BCUT2D eigenvalue weighted by atomic mass is 10.0. The van der Waals surface area contributed by atoms with Gasteiger partial charge in [-0.05, 0) is 31.4 Å². The van der Waals surface area contributed by atoms with E-state index in [1.165, 1.54) is 4.88 Å². The fraction of sp³-hybridized carbons (Fsp3) is 0.583. The average molecular weight is 273 g/mol. The summed E-state index contributed by atoms with van der Waals surface area (Å²) in [6.07, 6.45) is 3.81. The Kier molecular flexibility index (Phi) is 4.42. The summed E-state index contributed by atoms with van der Waals surface area (Å²) >= 11 is 7.40. The Morgan fingerprint density at radius 1 is 1.53 bits per heavy atom. The minimum Gasteiger partial charge on any atom is -0.355 e. The van der Waals surface area contributed by atoms with E-state index < -0.39 is 0 Å². The van der Waals surface area contributed by atoms with Crippen LogP contribution in [-0.4, -0.2) is 18.5 Å². The Bertz CT molecular complexity index is 394. The van der Waals surface area contributed by atoms with E-state index in [1.54, 1.807) is 11.3 Å². The number of amides is 1. The highest BCUT2D eigenvalue weighted by atomic mass is 35.5. The van der Waals surface area contributed by atoms with Crippen molar-refractivity contribution in [1.29, 1.82) is 0 Å². The maximum Gasteiger partial charge on any atom is 0.224 e. The SMILES string of the molecule is NC1CCCC1C(=O)NCCc1ccc(Cl)s1. The Morgan fingerprint density at radius 2 is 2.35 bits per heavy atom. The molecule has 0 radical (unpaired) electrons. The highest BCUT2D eigenvalue weighted by molar-refractivity contribution is 7.16. The third kappa shape index (κ3) is 3.44. The average Bonchev–Trinajstić information content (AvgIpc) is 2.87. The Balaban J connectivity index is 1.73. The molecule has 1 aromatic heterocycles. The molecule has 2 atom stereocenters. The lowest BCUT2D eigenvalue weighted by Gasteiger charge is -2.14. The van der Waals surface area contributed by atoms with Gasteiger partial charge in [0.15, 0.2) is 0 Å². The summed E-state index contributed by atoms with van der Waals surface area (Å²) in [6.45, 7) is 0.666. The van der Waals surface area contributed by atoms with Crippen LogP contribution in [0.3, 0.4) is 0 Å². The third-order valence-corrected chi connectivity index (χ3v) is 4.50. The first-order chi connectivity index (χ1) is 8.16. The first-order valence-electron chi connectivity index (χ1n) is 5.94. The maximum absolute atomic E-state index is 11.8. The van der Waals surface area contributed by atoms with E-state index in [-0.39, 0.29) is 17.9 Å². The second-order valence-corrected chi connectivity index (χ2v) is 6.25. The fourth-order valence-corrected chi connectivity index (χ4v) is 3.33. The number of nitrogens with one attached hydrogen (secondary N) is 1. The molecule has 2 rings (SSSR count). The summed E-state index contributed by atoms with van der Waals surface area (Å²) in [5, 5.41) is 2.96. The van der Waals surface area contributed by atoms with Gasteiger partial charge in [-0.3, -0.25) is 4.79 Å². The molecular formula is C12H17ClN2OS. The van der Waals surface area contributed by atoms with E-state index in [1.807, 2.05) is 12.1 Å². The molecule has 0 spiro atoms. The summed E-state index contributed by atoms with van der Waals surface area (Å²) in [5.74, 6) is 0.125. The molecule has 0 saturated heterocycles. The van der Waals surface area contributed by atoms with E-state index in [4.69, 9.17) is 17.3 Å². The van der Waals surface area contributed by atoms with Crippen molar-refractivity contribution in [2.45, 2.75) is 31.7 Å². The Labute approximate surface area is 110 Å². The Hall–Kier alpha value is -0.580. The zero-order valence-corrected chi connectivity index (χ0v) is 11.2. The molecule has 3 N–H and O–H groups in total. The lowest BCUT2D eigenvalue weighted by molar-refractivity contribution is -0.125. The van der Waals surface area contributed by atoms with Crippen LogP contribution in [0.5, 0.6) is 0 Å². The monoisotopic (exact) mass is 272 g/mol. The summed E-state index contributed by atoms with van der Waals surface area (Å²) < 4.78 is 0.796. The zero-order chi connectivity index (χ0) is 12.3. The molecule has 1 amide bonds. The van der Waals surface area contributed by atoms with Gasteiger partial charge in [-0.2, -0.15) is 0 Å². The second kappa shape index (κ2) is 5.85. The third-order valence-electron chi connectivity index (χ3n) is 3.21. The smallest absolute Gasteiger partial charge is 0.224 e. The number of hydrogen-bond acceptors (Lipinski definition) is 3. The van der Waals surface area contributed by atoms with Crippen molar-refractivity contribution in [2.75, 3.05) is 6.54 Å². The normalized spacial score (nSPS) is 23.9.